The van der Waals surface area contributed by atoms with Crippen molar-refractivity contribution in [2.75, 3.05) is 0 Å². The van der Waals surface area contributed by atoms with Gasteiger partial charge in [0.15, 0.2) is 0 Å². The third-order valence-electron chi connectivity index (χ3n) is 7.87. The number of Topliss-reactive ketones (excluding diaryl/α,β-unsaturated/α-hetero) is 1. The van der Waals surface area contributed by atoms with E-state index >= 15 is 0 Å². The summed E-state index contributed by atoms with van der Waals surface area (Å²) < 4.78 is 2.87. The number of fused-ring (bicyclic) bond motifs is 1. The average Bonchev–Trinajstić information content (AvgIpc) is 3.45. The lowest BCUT2D eigenvalue weighted by atomic mass is 9.79. The topological polar surface area (TPSA) is 130 Å². The molecule has 0 saturated heterocycles. The number of carboxylic acids is 1. The summed E-state index contributed by atoms with van der Waals surface area (Å²) in [4.78, 5) is 56.1. The van der Waals surface area contributed by atoms with E-state index < -0.39 is 29.9 Å². The summed E-state index contributed by atoms with van der Waals surface area (Å²) in [5.74, 6) is -3.28. The van der Waals surface area contributed by atoms with Gasteiger partial charge >= 0.3 is 5.97 Å². The van der Waals surface area contributed by atoms with Crippen LogP contribution < -0.4 is 10.6 Å². The Kier molecular flexibility index (Phi) is 7.34. The molecule has 3 N–H and O–H groups in total. The largest absolute Gasteiger partial charge is 0.481 e. The number of rotatable bonds is 8. The van der Waals surface area contributed by atoms with Crippen LogP contribution in [0.2, 0.25) is 0 Å². The van der Waals surface area contributed by atoms with Gasteiger partial charge in [0.2, 0.25) is 11.8 Å². The number of aromatic nitrogens is 2. The maximum Gasteiger partial charge on any atom is 0.308 e. The molecule has 3 aromatic rings. The van der Waals surface area contributed by atoms with E-state index in [1.54, 1.807) is 0 Å². The van der Waals surface area contributed by atoms with Crippen LogP contribution in [0.3, 0.4) is 0 Å². The first-order chi connectivity index (χ1) is 18.2. The number of carboxylic acid groups (broad SMARTS) is 1. The molecule has 1 aromatic carbocycles. The van der Waals surface area contributed by atoms with Crippen LogP contribution in [0.15, 0.2) is 36.5 Å². The van der Waals surface area contributed by atoms with Crippen molar-refractivity contribution in [2.45, 2.75) is 70.5 Å². The van der Waals surface area contributed by atoms with Gasteiger partial charge in [-0.05, 0) is 42.5 Å². The molecule has 3 heterocycles. The van der Waals surface area contributed by atoms with Crippen molar-refractivity contribution in [2.24, 2.45) is 11.8 Å². The van der Waals surface area contributed by atoms with E-state index in [-0.39, 0.29) is 42.9 Å². The molecule has 10 heteroatoms. The first-order valence-corrected chi connectivity index (χ1v) is 13.9. The van der Waals surface area contributed by atoms with Crippen molar-refractivity contribution >= 4 is 45.1 Å². The van der Waals surface area contributed by atoms with Crippen LogP contribution in [0.25, 0.3) is 10.2 Å². The monoisotopic (exact) mass is 536 g/mol. The Balaban J connectivity index is 1.32. The van der Waals surface area contributed by atoms with Gasteiger partial charge in [-0.3, -0.25) is 19.2 Å². The molecule has 5 rings (SSSR count). The number of thiazole rings is 1. The van der Waals surface area contributed by atoms with Gasteiger partial charge in [-0.25, -0.2) is 4.98 Å². The van der Waals surface area contributed by atoms with Gasteiger partial charge in [-0.1, -0.05) is 32.4 Å². The zero-order chi connectivity index (χ0) is 27.0. The molecule has 9 nitrogen and oxygen atoms in total. The predicted octanol–water partition coefficient (Wildman–Crippen LogP) is 3.06. The average molecular weight is 537 g/mol. The van der Waals surface area contributed by atoms with Gasteiger partial charge < -0.3 is 20.3 Å². The van der Waals surface area contributed by atoms with E-state index in [0.29, 0.717) is 24.3 Å². The fraction of sp³-hybridized carbons (Fsp3) is 0.464. The van der Waals surface area contributed by atoms with E-state index in [1.165, 1.54) is 11.3 Å². The SMILES string of the molecule is CCC(C)C(NC(=O)Cc1nc2ccccc2s1)C(=O)N[C@H]1CCc2ccn3c2C1C(=O)C[C@H](C(=O)O)C3. The number of benzene rings is 1. The Morgan fingerprint density at radius 1 is 1.24 bits per heavy atom. The molecular formula is C28H32N4O5S. The molecule has 2 aliphatic rings. The van der Waals surface area contributed by atoms with Gasteiger partial charge in [-0.15, -0.1) is 11.3 Å². The number of aryl methyl sites for hydroxylation is 1. The lowest BCUT2D eigenvalue weighted by Gasteiger charge is -2.34. The summed E-state index contributed by atoms with van der Waals surface area (Å²) >= 11 is 1.46. The maximum atomic E-state index is 13.6. The fourth-order valence-corrected chi connectivity index (χ4v) is 6.61. The highest BCUT2D eigenvalue weighted by Crippen LogP contribution is 2.38. The fourth-order valence-electron chi connectivity index (χ4n) is 5.65. The lowest BCUT2D eigenvalue weighted by Crippen LogP contribution is -2.55. The zero-order valence-electron chi connectivity index (χ0n) is 21.5. The molecular weight excluding hydrogens is 504 g/mol. The second-order valence-corrected chi connectivity index (χ2v) is 11.5. The normalized spacial score (nSPS) is 22.3. The van der Waals surface area contributed by atoms with E-state index in [1.807, 2.05) is 54.9 Å². The highest BCUT2D eigenvalue weighted by Gasteiger charge is 2.43. The molecule has 38 heavy (non-hydrogen) atoms. The van der Waals surface area contributed by atoms with Crippen LogP contribution in [-0.2, 0) is 38.6 Å². The minimum Gasteiger partial charge on any atom is -0.481 e. The number of aliphatic carboxylic acids is 1. The van der Waals surface area contributed by atoms with Gasteiger partial charge in [0.05, 0.1) is 28.5 Å². The Bertz CT molecular complexity index is 1360. The molecule has 0 saturated carbocycles. The van der Waals surface area contributed by atoms with Crippen molar-refractivity contribution in [3.8, 4) is 0 Å². The third-order valence-corrected chi connectivity index (χ3v) is 8.90. The molecule has 0 radical (unpaired) electrons. The molecule has 0 spiro atoms. The van der Waals surface area contributed by atoms with Crippen LogP contribution in [0.1, 0.15) is 55.3 Å². The standard InChI is InChI=1S/C28H32N4O5S/c1-3-15(2)25(31-22(34)13-23-29-18-6-4-5-7-21(18)38-23)27(35)30-19-9-8-16-10-11-32-14-17(28(36)37)12-20(33)24(19)26(16)32/h4-7,10-11,15,17,19,24-25H,3,8-9,12-14H2,1-2H3,(H,30,35)(H,31,34)(H,36,37)/t15?,17-,19-,24?,25?/m0/s1. The van der Waals surface area contributed by atoms with Crippen LogP contribution in [0.5, 0.6) is 0 Å². The Labute approximate surface area is 224 Å². The summed E-state index contributed by atoms with van der Waals surface area (Å²) in [7, 11) is 0. The summed E-state index contributed by atoms with van der Waals surface area (Å²) in [6.07, 6.45) is 3.80. The Morgan fingerprint density at radius 3 is 2.76 bits per heavy atom. The molecule has 3 unspecified atom stereocenters. The molecule has 1 aliphatic heterocycles. The Morgan fingerprint density at radius 2 is 2.03 bits per heavy atom. The minimum absolute atomic E-state index is 0.0683. The highest BCUT2D eigenvalue weighted by molar-refractivity contribution is 7.18. The maximum absolute atomic E-state index is 13.6. The van der Waals surface area contributed by atoms with Crippen LogP contribution >= 0.6 is 11.3 Å². The van der Waals surface area contributed by atoms with Crippen molar-refractivity contribution < 1.29 is 24.3 Å². The van der Waals surface area contributed by atoms with Crippen molar-refractivity contribution in [1.29, 1.82) is 0 Å². The van der Waals surface area contributed by atoms with E-state index in [9.17, 15) is 24.3 Å². The van der Waals surface area contributed by atoms with Crippen LogP contribution in [-0.4, -0.2) is 50.3 Å². The number of para-hydroxylation sites is 1. The predicted molar refractivity (Wildman–Crippen MR) is 143 cm³/mol. The Hall–Kier alpha value is -3.53. The molecule has 2 amide bonds. The van der Waals surface area contributed by atoms with Crippen LogP contribution in [0.4, 0.5) is 0 Å². The summed E-state index contributed by atoms with van der Waals surface area (Å²) in [5, 5.41) is 16.3. The summed E-state index contributed by atoms with van der Waals surface area (Å²) in [6.45, 7) is 4.12. The van der Waals surface area contributed by atoms with Crippen molar-refractivity contribution in [3.05, 3.63) is 52.8 Å². The molecule has 200 valence electrons. The van der Waals surface area contributed by atoms with Crippen molar-refractivity contribution in [3.63, 3.8) is 0 Å². The van der Waals surface area contributed by atoms with E-state index in [4.69, 9.17) is 0 Å². The summed E-state index contributed by atoms with van der Waals surface area (Å²) in [5.41, 5.74) is 2.69. The zero-order valence-corrected chi connectivity index (χ0v) is 22.3. The molecule has 0 fully saturated rings. The van der Waals surface area contributed by atoms with Crippen LogP contribution in [0, 0.1) is 11.8 Å². The third kappa shape index (κ3) is 5.09. The minimum atomic E-state index is -0.993. The number of ketones is 1. The van der Waals surface area contributed by atoms with E-state index in [0.717, 1.165) is 21.5 Å². The number of hydrogen-bond acceptors (Lipinski definition) is 6. The number of hydrogen-bond donors (Lipinski definition) is 3. The first-order valence-electron chi connectivity index (χ1n) is 13.1. The highest BCUT2D eigenvalue weighted by atomic mass is 32.1. The quantitative estimate of drug-likeness (QED) is 0.406. The molecule has 0 bridgehead atoms. The number of carbonyl (C=O) groups is 4. The molecule has 2 aromatic heterocycles. The summed E-state index contributed by atoms with van der Waals surface area (Å²) in [6, 6.07) is 8.42. The second kappa shape index (κ2) is 10.7. The smallest absolute Gasteiger partial charge is 0.308 e. The van der Waals surface area contributed by atoms with Gasteiger partial charge in [0.1, 0.15) is 16.8 Å². The van der Waals surface area contributed by atoms with E-state index in [2.05, 4.69) is 15.6 Å². The first kappa shape index (κ1) is 26.1. The number of nitrogens with one attached hydrogen (secondary N) is 2. The number of nitrogens with zero attached hydrogens (tertiary/aromatic N) is 2. The molecule has 1 aliphatic carbocycles. The van der Waals surface area contributed by atoms with Gasteiger partial charge in [0.25, 0.3) is 0 Å². The lowest BCUT2D eigenvalue weighted by molar-refractivity contribution is -0.144. The second-order valence-electron chi connectivity index (χ2n) is 10.4. The number of amides is 2. The van der Waals surface area contributed by atoms with Gasteiger partial charge in [-0.2, -0.15) is 0 Å². The van der Waals surface area contributed by atoms with Gasteiger partial charge in [0, 0.05) is 30.9 Å². The molecule has 5 atom stereocenters. The van der Waals surface area contributed by atoms with Crippen molar-refractivity contribution in [1.82, 2.24) is 20.2 Å². The number of carbonyl (C=O) groups excluding carboxylic acids is 3.